The summed E-state index contributed by atoms with van der Waals surface area (Å²) in [6.07, 6.45) is 0. The van der Waals surface area contributed by atoms with Crippen LogP contribution in [0.15, 0.2) is 66.7 Å². The first-order valence-corrected chi connectivity index (χ1v) is 12.7. The molecule has 0 N–H and O–H groups in total. The van der Waals surface area contributed by atoms with Crippen LogP contribution >= 0.6 is 0 Å². The van der Waals surface area contributed by atoms with Crippen LogP contribution in [-0.2, 0) is 0 Å². The van der Waals surface area contributed by atoms with Gasteiger partial charge in [0.2, 0.25) is 0 Å². The molecule has 0 spiro atoms. The van der Waals surface area contributed by atoms with E-state index in [0.29, 0.717) is 28.7 Å². The number of nitrogens with zero attached hydrogens (tertiary/aromatic N) is 3. The molecule has 7 heteroatoms. The number of fused-ring (bicyclic) bond motifs is 1. The van der Waals surface area contributed by atoms with E-state index in [-0.39, 0.29) is 11.8 Å². The topological polar surface area (TPSA) is 62.3 Å². The molecule has 0 saturated carbocycles. The molecule has 0 bridgehead atoms. The van der Waals surface area contributed by atoms with Gasteiger partial charge in [-0.3, -0.25) is 19.4 Å². The van der Waals surface area contributed by atoms with Gasteiger partial charge in [-0.1, -0.05) is 42.5 Å². The van der Waals surface area contributed by atoms with Crippen LogP contribution in [0.4, 0.5) is 5.69 Å². The number of methoxy groups -OCH3 is 2. The maximum atomic E-state index is 13.7. The van der Waals surface area contributed by atoms with Crippen molar-refractivity contribution < 1.29 is 19.1 Å². The van der Waals surface area contributed by atoms with E-state index >= 15 is 0 Å². The lowest BCUT2D eigenvalue weighted by molar-refractivity contribution is 0.0595. The Labute approximate surface area is 218 Å². The van der Waals surface area contributed by atoms with E-state index in [4.69, 9.17) is 9.47 Å². The summed E-state index contributed by atoms with van der Waals surface area (Å²) in [7, 11) is 3.15. The minimum atomic E-state index is -0.455. The van der Waals surface area contributed by atoms with Crippen LogP contribution in [0.3, 0.4) is 0 Å². The number of amides is 2. The lowest BCUT2D eigenvalue weighted by Crippen LogP contribution is -2.47. The van der Waals surface area contributed by atoms with Gasteiger partial charge >= 0.3 is 0 Å². The summed E-state index contributed by atoms with van der Waals surface area (Å²) in [5.74, 6) is 0.647. The normalized spacial score (nSPS) is 17.5. The van der Waals surface area contributed by atoms with Crippen LogP contribution in [0, 0.1) is 0 Å². The second kappa shape index (κ2) is 10.3. The molecular formula is C30H33N3O4. The number of imide groups is 1. The number of carbonyl (C=O) groups is 2. The first kappa shape index (κ1) is 24.8. The number of anilines is 1. The maximum Gasteiger partial charge on any atom is 0.264 e. The van der Waals surface area contributed by atoms with Gasteiger partial charge in [0.05, 0.1) is 37.1 Å². The summed E-state index contributed by atoms with van der Waals surface area (Å²) in [5.41, 5.74) is 3.92. The Bertz CT molecular complexity index is 1300. The van der Waals surface area contributed by atoms with Gasteiger partial charge in [0.25, 0.3) is 11.8 Å². The predicted molar refractivity (Wildman–Crippen MR) is 144 cm³/mol. The molecule has 0 aliphatic carbocycles. The largest absolute Gasteiger partial charge is 0.493 e. The quantitative estimate of drug-likeness (QED) is 0.429. The van der Waals surface area contributed by atoms with E-state index in [1.165, 1.54) is 10.5 Å². The molecular weight excluding hydrogens is 466 g/mol. The van der Waals surface area contributed by atoms with Crippen molar-refractivity contribution in [2.45, 2.75) is 25.9 Å². The van der Waals surface area contributed by atoms with Gasteiger partial charge in [-0.05, 0) is 49.2 Å². The Morgan fingerprint density at radius 1 is 0.703 bits per heavy atom. The Morgan fingerprint density at radius 3 is 2.08 bits per heavy atom. The molecule has 3 aromatic rings. The van der Waals surface area contributed by atoms with Crippen molar-refractivity contribution in [3.05, 3.63) is 89.0 Å². The molecule has 1 saturated heterocycles. The molecule has 1 fully saturated rings. The molecule has 2 heterocycles. The zero-order chi connectivity index (χ0) is 26.1. The molecule has 2 aliphatic heterocycles. The minimum Gasteiger partial charge on any atom is -0.493 e. The van der Waals surface area contributed by atoms with Crippen LogP contribution in [0.5, 0.6) is 11.5 Å². The van der Waals surface area contributed by atoms with E-state index < -0.39 is 6.04 Å². The number of hydrogen-bond donors (Lipinski definition) is 0. The number of carbonyl (C=O) groups excluding carboxylic acids is 2. The number of ether oxygens (including phenoxy) is 2. The summed E-state index contributed by atoms with van der Waals surface area (Å²) >= 11 is 0. The third-order valence-corrected chi connectivity index (χ3v) is 7.69. The first-order chi connectivity index (χ1) is 17.9. The third kappa shape index (κ3) is 4.44. The zero-order valence-electron chi connectivity index (χ0n) is 21.8. The molecule has 7 nitrogen and oxygen atoms in total. The second-order valence-corrected chi connectivity index (χ2v) is 9.58. The predicted octanol–water partition coefficient (Wildman–Crippen LogP) is 4.94. The Kier molecular flexibility index (Phi) is 6.89. The van der Waals surface area contributed by atoms with Crippen molar-refractivity contribution in [1.82, 2.24) is 9.80 Å². The number of piperazine rings is 1. The monoisotopic (exact) mass is 499 g/mol. The third-order valence-electron chi connectivity index (χ3n) is 7.69. The Hall–Kier alpha value is -3.84. The Balaban J connectivity index is 1.36. The molecule has 2 atom stereocenters. The number of hydrogen-bond acceptors (Lipinski definition) is 6. The lowest BCUT2D eigenvalue weighted by Gasteiger charge is -2.39. The fraction of sp³-hybridized carbons (Fsp3) is 0.333. The highest BCUT2D eigenvalue weighted by atomic mass is 16.5. The average Bonchev–Trinajstić information content (AvgIpc) is 3.21. The maximum absolute atomic E-state index is 13.7. The highest BCUT2D eigenvalue weighted by Crippen LogP contribution is 2.39. The van der Waals surface area contributed by atoms with Crippen molar-refractivity contribution in [2.75, 3.05) is 45.3 Å². The molecule has 0 aromatic heterocycles. The summed E-state index contributed by atoms with van der Waals surface area (Å²) in [4.78, 5) is 33.3. The number of rotatable bonds is 7. The van der Waals surface area contributed by atoms with Crippen molar-refractivity contribution in [1.29, 1.82) is 0 Å². The molecule has 37 heavy (non-hydrogen) atoms. The SMILES string of the molecule is COc1ccc([C@H](C)N2C(=O)c3cccc(N4CCN(C(C)c5ccccc5)CC4)c3C2=O)cc1OC. The van der Waals surface area contributed by atoms with Gasteiger partial charge in [0.15, 0.2) is 11.5 Å². The van der Waals surface area contributed by atoms with Gasteiger partial charge in [0, 0.05) is 32.2 Å². The smallest absolute Gasteiger partial charge is 0.264 e. The average molecular weight is 500 g/mol. The first-order valence-electron chi connectivity index (χ1n) is 12.7. The van der Waals surface area contributed by atoms with Gasteiger partial charge in [-0.2, -0.15) is 0 Å². The fourth-order valence-corrected chi connectivity index (χ4v) is 5.46. The van der Waals surface area contributed by atoms with Crippen molar-refractivity contribution >= 4 is 17.5 Å². The Morgan fingerprint density at radius 2 is 1.41 bits per heavy atom. The van der Waals surface area contributed by atoms with Crippen LogP contribution in [0.2, 0.25) is 0 Å². The molecule has 2 aliphatic rings. The summed E-state index contributed by atoms with van der Waals surface area (Å²) in [6.45, 7) is 7.45. The molecule has 1 unspecified atom stereocenters. The van der Waals surface area contributed by atoms with Gasteiger partial charge in [-0.25, -0.2) is 0 Å². The zero-order valence-corrected chi connectivity index (χ0v) is 21.8. The molecule has 2 amide bonds. The van der Waals surface area contributed by atoms with E-state index in [0.717, 1.165) is 37.4 Å². The van der Waals surface area contributed by atoms with Gasteiger partial charge < -0.3 is 14.4 Å². The molecule has 5 rings (SSSR count). The molecule has 192 valence electrons. The van der Waals surface area contributed by atoms with Crippen LogP contribution in [-0.4, -0.2) is 62.0 Å². The summed E-state index contributed by atoms with van der Waals surface area (Å²) in [6, 6.07) is 21.5. The van der Waals surface area contributed by atoms with Crippen molar-refractivity contribution in [3.8, 4) is 11.5 Å². The lowest BCUT2D eigenvalue weighted by atomic mass is 10.0. The van der Waals surface area contributed by atoms with Gasteiger partial charge in [0.1, 0.15) is 0 Å². The number of benzene rings is 3. The van der Waals surface area contributed by atoms with E-state index in [2.05, 4.69) is 41.0 Å². The minimum absolute atomic E-state index is 0.252. The van der Waals surface area contributed by atoms with Crippen LogP contribution in [0.1, 0.15) is 57.8 Å². The van der Waals surface area contributed by atoms with Crippen LogP contribution < -0.4 is 14.4 Å². The molecule has 0 radical (unpaired) electrons. The van der Waals surface area contributed by atoms with Gasteiger partial charge in [-0.15, -0.1) is 0 Å². The standard InChI is InChI=1S/C30H33N3O4/c1-20(22-9-6-5-7-10-22)31-15-17-32(18-16-31)25-12-8-11-24-28(25)30(35)33(29(24)34)21(2)23-13-14-26(36-3)27(19-23)37-4/h5-14,19-21H,15-18H2,1-4H3/t20?,21-/m0/s1. The van der Waals surface area contributed by atoms with E-state index in [9.17, 15) is 9.59 Å². The highest BCUT2D eigenvalue weighted by molar-refractivity contribution is 6.24. The fourth-order valence-electron chi connectivity index (χ4n) is 5.46. The highest BCUT2D eigenvalue weighted by Gasteiger charge is 2.41. The summed E-state index contributed by atoms with van der Waals surface area (Å²) in [5, 5.41) is 0. The summed E-state index contributed by atoms with van der Waals surface area (Å²) < 4.78 is 10.8. The van der Waals surface area contributed by atoms with E-state index in [1.54, 1.807) is 26.4 Å². The second-order valence-electron chi connectivity index (χ2n) is 9.58. The molecule has 3 aromatic carbocycles. The van der Waals surface area contributed by atoms with Crippen molar-refractivity contribution in [2.24, 2.45) is 0 Å². The van der Waals surface area contributed by atoms with E-state index in [1.807, 2.05) is 37.3 Å². The van der Waals surface area contributed by atoms with Crippen molar-refractivity contribution in [3.63, 3.8) is 0 Å². The van der Waals surface area contributed by atoms with Crippen LogP contribution in [0.25, 0.3) is 0 Å².